The highest BCUT2D eigenvalue weighted by Crippen LogP contribution is 2.27. The average Bonchev–Trinajstić information content (AvgIpc) is 3.41. The maximum absolute atomic E-state index is 14.0. The largest absolute Gasteiger partial charge is 0.313 e. The average molecular weight is 497 g/mol. The summed E-state index contributed by atoms with van der Waals surface area (Å²) in [5, 5.41) is 22.2. The molecule has 1 N–H and O–H groups in total. The summed E-state index contributed by atoms with van der Waals surface area (Å²) in [5.41, 5.74) is 0.404. The lowest BCUT2D eigenvalue weighted by Gasteiger charge is -2.07. The third-order valence-corrected chi connectivity index (χ3v) is 6.02. The van der Waals surface area contributed by atoms with Crippen molar-refractivity contribution >= 4 is 49.8 Å². The van der Waals surface area contributed by atoms with Gasteiger partial charge in [-0.2, -0.15) is 10.2 Å². The van der Waals surface area contributed by atoms with E-state index in [-0.39, 0.29) is 18.3 Å². The molecule has 4 aromatic rings. The molecule has 4 rings (SSSR count). The lowest BCUT2D eigenvalue weighted by molar-refractivity contribution is 0.538. The monoisotopic (exact) mass is 495 g/mol. The van der Waals surface area contributed by atoms with E-state index in [1.807, 2.05) is 10.9 Å². The van der Waals surface area contributed by atoms with E-state index in [0.29, 0.717) is 28.1 Å². The van der Waals surface area contributed by atoms with Gasteiger partial charge >= 0.3 is 0 Å². The minimum Gasteiger partial charge on any atom is -0.313 e. The Labute approximate surface area is 183 Å². The van der Waals surface area contributed by atoms with Gasteiger partial charge in [-0.3, -0.25) is 9.36 Å². The fourth-order valence-corrected chi connectivity index (χ4v) is 4.10. The van der Waals surface area contributed by atoms with Gasteiger partial charge in [0, 0.05) is 41.5 Å². The summed E-state index contributed by atoms with van der Waals surface area (Å²) in [6.07, 6.45) is 5.43. The Balaban J connectivity index is 1.40. The summed E-state index contributed by atoms with van der Waals surface area (Å²) in [6.45, 7) is 3.02. The van der Waals surface area contributed by atoms with E-state index in [2.05, 4.69) is 48.6 Å². The Morgan fingerprint density at radius 3 is 2.90 bits per heavy atom. The molecule has 7 nitrogen and oxygen atoms in total. The van der Waals surface area contributed by atoms with E-state index < -0.39 is 0 Å². The lowest BCUT2D eigenvalue weighted by atomic mass is 10.2. The van der Waals surface area contributed by atoms with Crippen molar-refractivity contribution in [1.82, 2.24) is 29.8 Å². The number of nitrogens with one attached hydrogen (secondary N) is 1. The molecule has 0 aliphatic heterocycles. The maximum atomic E-state index is 14.0. The number of halogens is 3. The predicted molar refractivity (Wildman–Crippen MR) is 114 cm³/mol. The second kappa shape index (κ2) is 8.60. The number of rotatable bonds is 7. The van der Waals surface area contributed by atoms with Crippen LogP contribution in [0.5, 0.6) is 0 Å². The van der Waals surface area contributed by atoms with Crippen molar-refractivity contribution in [1.29, 1.82) is 0 Å². The molecule has 29 heavy (non-hydrogen) atoms. The molecule has 1 aromatic carbocycles. The summed E-state index contributed by atoms with van der Waals surface area (Å²) in [6, 6.07) is 6.42. The highest BCUT2D eigenvalue weighted by molar-refractivity contribution is 9.10. The number of hydrogen-bond acceptors (Lipinski definition) is 6. The van der Waals surface area contributed by atoms with Crippen LogP contribution in [0.3, 0.4) is 0 Å². The van der Waals surface area contributed by atoms with Gasteiger partial charge in [-0.05, 0) is 28.1 Å². The van der Waals surface area contributed by atoms with Gasteiger partial charge < -0.3 is 5.32 Å². The van der Waals surface area contributed by atoms with Crippen molar-refractivity contribution in [2.75, 3.05) is 5.32 Å². The summed E-state index contributed by atoms with van der Waals surface area (Å²) in [4.78, 5) is 0. The van der Waals surface area contributed by atoms with Crippen LogP contribution in [0, 0.1) is 5.82 Å². The summed E-state index contributed by atoms with van der Waals surface area (Å²) >= 11 is 10.9. The Kier molecular flexibility index (Phi) is 5.93. The Hall–Kier alpha value is -2.30. The first kappa shape index (κ1) is 20.0. The van der Waals surface area contributed by atoms with Gasteiger partial charge in [0.15, 0.2) is 5.82 Å². The van der Waals surface area contributed by atoms with Crippen LogP contribution >= 0.6 is 38.9 Å². The second-order valence-electron chi connectivity index (χ2n) is 6.45. The van der Waals surface area contributed by atoms with E-state index in [9.17, 15) is 4.39 Å². The van der Waals surface area contributed by atoms with Gasteiger partial charge in [-0.25, -0.2) is 4.39 Å². The van der Waals surface area contributed by atoms with Crippen LogP contribution in [0.4, 0.5) is 15.3 Å². The van der Waals surface area contributed by atoms with Gasteiger partial charge in [-0.1, -0.05) is 35.9 Å². The molecule has 0 saturated carbocycles. The second-order valence-corrected chi connectivity index (χ2v) is 8.78. The number of aromatic nitrogens is 6. The molecule has 150 valence electrons. The maximum Gasteiger partial charge on any atom is 0.211 e. The molecule has 3 aromatic heterocycles. The van der Waals surface area contributed by atoms with Crippen molar-refractivity contribution in [2.45, 2.75) is 25.9 Å². The zero-order valence-electron chi connectivity index (χ0n) is 15.3. The molecule has 0 saturated heterocycles. The summed E-state index contributed by atoms with van der Waals surface area (Å²) in [5.74, 6) is 0.411. The molecule has 0 aliphatic rings. The highest BCUT2D eigenvalue weighted by atomic mass is 79.9. The summed E-state index contributed by atoms with van der Waals surface area (Å²) < 4.78 is 18.4. The molecule has 0 bridgehead atoms. The molecule has 0 unspecified atom stereocenters. The van der Waals surface area contributed by atoms with Crippen molar-refractivity contribution in [3.63, 3.8) is 0 Å². The van der Waals surface area contributed by atoms with E-state index in [0.717, 1.165) is 9.48 Å². The minimum absolute atomic E-state index is 0.163. The van der Waals surface area contributed by atoms with Crippen molar-refractivity contribution in [2.24, 2.45) is 0 Å². The Morgan fingerprint density at radius 2 is 2.14 bits per heavy atom. The molecular formula is C18H16BrClFN7S. The van der Waals surface area contributed by atoms with Gasteiger partial charge in [0.05, 0.1) is 17.2 Å². The molecular weight excluding hydrogens is 481 g/mol. The van der Waals surface area contributed by atoms with Crippen LogP contribution in [0.2, 0.25) is 5.02 Å². The fraction of sp³-hybridized carbons (Fsp3) is 0.222. The molecule has 0 aliphatic carbocycles. The zero-order chi connectivity index (χ0) is 20.4. The van der Waals surface area contributed by atoms with Crippen LogP contribution < -0.4 is 5.32 Å². The van der Waals surface area contributed by atoms with Crippen LogP contribution in [0.15, 0.2) is 47.3 Å². The van der Waals surface area contributed by atoms with Crippen LogP contribution in [0.1, 0.15) is 23.4 Å². The fourth-order valence-electron chi connectivity index (χ4n) is 2.75. The number of hydrogen-bond donors (Lipinski definition) is 1. The number of benzene rings is 1. The number of nitrogens with zero attached hydrogens (tertiary/aromatic N) is 6. The molecule has 0 fully saturated rings. The topological polar surface area (TPSA) is 73.5 Å². The van der Waals surface area contributed by atoms with Crippen molar-refractivity contribution in [3.8, 4) is 0 Å². The van der Waals surface area contributed by atoms with E-state index in [1.165, 1.54) is 17.4 Å². The molecule has 11 heteroatoms. The Morgan fingerprint density at radius 1 is 1.28 bits per heavy atom. The van der Waals surface area contributed by atoms with Crippen molar-refractivity contribution in [3.05, 3.63) is 68.7 Å². The predicted octanol–water partition coefficient (Wildman–Crippen LogP) is 5.08. The first-order valence-electron chi connectivity index (χ1n) is 8.72. The van der Waals surface area contributed by atoms with Gasteiger partial charge in [0.2, 0.25) is 5.13 Å². The smallest absolute Gasteiger partial charge is 0.211 e. The molecule has 0 spiro atoms. The molecule has 0 amide bonds. The SMILES string of the molecule is C[C@@H](Cn1cc(Br)cn1)c1nnc(Nc2ccn(Cc3c(F)cccc3Cl)n2)s1. The van der Waals surface area contributed by atoms with E-state index >= 15 is 0 Å². The zero-order valence-corrected chi connectivity index (χ0v) is 18.4. The Bertz CT molecular complexity index is 1100. The first-order chi connectivity index (χ1) is 14.0. The van der Waals surface area contributed by atoms with Gasteiger partial charge in [0.25, 0.3) is 0 Å². The van der Waals surface area contributed by atoms with Crippen LogP contribution in [-0.2, 0) is 13.1 Å². The number of anilines is 2. The molecule has 0 radical (unpaired) electrons. The van der Waals surface area contributed by atoms with Gasteiger partial charge in [0.1, 0.15) is 10.8 Å². The highest BCUT2D eigenvalue weighted by Gasteiger charge is 2.15. The normalized spacial score (nSPS) is 12.3. The minimum atomic E-state index is -0.352. The van der Waals surface area contributed by atoms with E-state index in [1.54, 1.807) is 35.3 Å². The first-order valence-corrected chi connectivity index (χ1v) is 10.7. The third-order valence-electron chi connectivity index (χ3n) is 4.18. The lowest BCUT2D eigenvalue weighted by Crippen LogP contribution is -2.06. The standard InChI is InChI=1S/C18H16BrClFN7S/c1-11(8-28-9-12(19)7-22-28)17-24-25-18(29-17)23-16-5-6-27(26-16)10-13-14(20)3-2-4-15(13)21/h2-7,9,11H,8,10H2,1H3,(H,23,25,26)/t11-/m0/s1. The van der Waals surface area contributed by atoms with Gasteiger partial charge in [-0.15, -0.1) is 10.2 Å². The molecule has 1 atom stereocenters. The third kappa shape index (κ3) is 4.82. The molecule has 3 heterocycles. The quantitative estimate of drug-likeness (QED) is 0.386. The van der Waals surface area contributed by atoms with Crippen molar-refractivity contribution < 1.29 is 4.39 Å². The van der Waals surface area contributed by atoms with Crippen LogP contribution in [-0.4, -0.2) is 29.8 Å². The summed E-state index contributed by atoms with van der Waals surface area (Å²) in [7, 11) is 0. The van der Waals surface area contributed by atoms with Crippen LogP contribution in [0.25, 0.3) is 0 Å². The van der Waals surface area contributed by atoms with E-state index in [4.69, 9.17) is 11.6 Å².